The van der Waals surface area contributed by atoms with E-state index in [0.717, 1.165) is 6.54 Å². The molecule has 1 fully saturated rings. The highest BCUT2D eigenvalue weighted by Crippen LogP contribution is 2.26. The van der Waals surface area contributed by atoms with Gasteiger partial charge in [0.05, 0.1) is 0 Å². The molecule has 2 nitrogen and oxygen atoms in total. The molecule has 0 aromatic heterocycles. The van der Waals surface area contributed by atoms with Crippen LogP contribution >= 0.6 is 0 Å². The number of rotatable bonds is 3. The molecule has 0 bridgehead atoms. The van der Waals surface area contributed by atoms with Crippen LogP contribution in [0.15, 0.2) is 24.3 Å². The van der Waals surface area contributed by atoms with Gasteiger partial charge >= 0.3 is 0 Å². The minimum atomic E-state index is 0.570. The Morgan fingerprint density at radius 2 is 2.12 bits per heavy atom. The third kappa shape index (κ3) is 2.76. The Morgan fingerprint density at radius 1 is 1.31 bits per heavy atom. The number of anilines is 1. The van der Waals surface area contributed by atoms with E-state index in [9.17, 15) is 0 Å². The van der Waals surface area contributed by atoms with Crippen LogP contribution in [0.1, 0.15) is 31.2 Å². The zero-order valence-corrected chi connectivity index (χ0v) is 10.1. The van der Waals surface area contributed by atoms with Crippen LogP contribution in [0.5, 0.6) is 0 Å². The van der Waals surface area contributed by atoms with E-state index in [0.29, 0.717) is 12.0 Å². The van der Waals surface area contributed by atoms with E-state index in [1.54, 1.807) is 0 Å². The lowest BCUT2D eigenvalue weighted by Gasteiger charge is -2.32. The lowest BCUT2D eigenvalue weighted by molar-refractivity contribution is 0.332. The molecule has 1 aliphatic carbocycles. The quantitative estimate of drug-likeness (QED) is 0.818. The molecular formula is C14H22N2. The third-order valence-electron chi connectivity index (χ3n) is 3.58. The molecule has 1 aromatic rings. The van der Waals surface area contributed by atoms with Gasteiger partial charge in [-0.15, -0.1) is 0 Å². The summed E-state index contributed by atoms with van der Waals surface area (Å²) in [6.45, 7) is 2.94. The Kier molecular flexibility index (Phi) is 3.83. The summed E-state index contributed by atoms with van der Waals surface area (Å²) in [4.78, 5) is 0. The summed E-state index contributed by atoms with van der Waals surface area (Å²) < 4.78 is 0. The lowest BCUT2D eigenvalue weighted by atomic mass is 9.84. The van der Waals surface area contributed by atoms with Crippen molar-refractivity contribution in [1.82, 2.24) is 0 Å². The Hall–Kier alpha value is -1.02. The molecule has 0 radical (unpaired) electrons. The molecule has 88 valence electrons. The van der Waals surface area contributed by atoms with Gasteiger partial charge in [0.25, 0.3) is 0 Å². The predicted octanol–water partition coefficient (Wildman–Crippen LogP) is 2.92. The molecule has 0 aliphatic heterocycles. The summed E-state index contributed by atoms with van der Waals surface area (Å²) in [5, 5.41) is 3.64. The fourth-order valence-electron chi connectivity index (χ4n) is 2.63. The summed E-state index contributed by atoms with van der Waals surface area (Å²) in [6, 6.07) is 9.17. The number of benzene rings is 1. The van der Waals surface area contributed by atoms with Gasteiger partial charge in [-0.1, -0.05) is 25.0 Å². The fraction of sp³-hybridized carbons (Fsp3) is 0.571. The van der Waals surface area contributed by atoms with E-state index in [2.05, 4.69) is 36.5 Å². The standard InChI is InChI=1S/C14H22N2/c1-11-5-4-7-13(9-11)16-14-8-3-2-6-12(14)10-15/h4-5,7,9,12,14,16H,2-3,6,8,10,15H2,1H3. The summed E-state index contributed by atoms with van der Waals surface area (Å²) in [7, 11) is 0. The van der Waals surface area contributed by atoms with E-state index in [4.69, 9.17) is 5.73 Å². The van der Waals surface area contributed by atoms with Crippen molar-refractivity contribution in [3.63, 3.8) is 0 Å². The van der Waals surface area contributed by atoms with Crippen molar-refractivity contribution in [2.45, 2.75) is 38.6 Å². The first-order chi connectivity index (χ1) is 7.79. The maximum atomic E-state index is 5.84. The van der Waals surface area contributed by atoms with Gasteiger partial charge in [0.15, 0.2) is 0 Å². The molecule has 0 saturated heterocycles. The van der Waals surface area contributed by atoms with Crippen LogP contribution in [-0.4, -0.2) is 12.6 Å². The van der Waals surface area contributed by atoms with Crippen LogP contribution in [0, 0.1) is 12.8 Å². The van der Waals surface area contributed by atoms with E-state index < -0.39 is 0 Å². The third-order valence-corrected chi connectivity index (χ3v) is 3.58. The van der Waals surface area contributed by atoms with Crippen LogP contribution in [0.25, 0.3) is 0 Å². The monoisotopic (exact) mass is 218 g/mol. The minimum absolute atomic E-state index is 0.570. The molecule has 1 aromatic carbocycles. The van der Waals surface area contributed by atoms with Gasteiger partial charge in [-0.25, -0.2) is 0 Å². The van der Waals surface area contributed by atoms with Crippen molar-refractivity contribution < 1.29 is 0 Å². The first-order valence-electron chi connectivity index (χ1n) is 6.33. The number of aryl methyl sites for hydroxylation is 1. The number of hydrogen-bond acceptors (Lipinski definition) is 2. The number of nitrogens with one attached hydrogen (secondary N) is 1. The molecule has 0 heterocycles. The van der Waals surface area contributed by atoms with Gasteiger partial charge in [0.2, 0.25) is 0 Å². The summed E-state index contributed by atoms with van der Waals surface area (Å²) >= 11 is 0. The van der Waals surface area contributed by atoms with E-state index in [1.807, 2.05) is 0 Å². The topological polar surface area (TPSA) is 38.0 Å². The van der Waals surface area contributed by atoms with Gasteiger partial charge < -0.3 is 11.1 Å². The van der Waals surface area contributed by atoms with Crippen molar-refractivity contribution in [2.75, 3.05) is 11.9 Å². The molecule has 3 N–H and O–H groups in total. The van der Waals surface area contributed by atoms with E-state index in [-0.39, 0.29) is 0 Å². The normalized spacial score (nSPS) is 25.4. The molecule has 1 aliphatic rings. The van der Waals surface area contributed by atoms with Crippen molar-refractivity contribution in [1.29, 1.82) is 0 Å². The van der Waals surface area contributed by atoms with Gasteiger partial charge in [-0.3, -0.25) is 0 Å². The predicted molar refractivity (Wildman–Crippen MR) is 69.6 cm³/mol. The molecule has 0 amide bonds. The smallest absolute Gasteiger partial charge is 0.0345 e. The van der Waals surface area contributed by atoms with Crippen LogP contribution in [-0.2, 0) is 0 Å². The average molecular weight is 218 g/mol. The number of hydrogen-bond donors (Lipinski definition) is 2. The molecule has 16 heavy (non-hydrogen) atoms. The largest absolute Gasteiger partial charge is 0.382 e. The first-order valence-corrected chi connectivity index (χ1v) is 6.33. The zero-order chi connectivity index (χ0) is 11.4. The fourth-order valence-corrected chi connectivity index (χ4v) is 2.63. The highest BCUT2D eigenvalue weighted by Gasteiger charge is 2.23. The second-order valence-electron chi connectivity index (χ2n) is 4.90. The summed E-state index contributed by atoms with van der Waals surface area (Å²) in [6.07, 6.45) is 5.21. The van der Waals surface area contributed by atoms with Crippen molar-refractivity contribution >= 4 is 5.69 Å². The number of nitrogens with two attached hydrogens (primary N) is 1. The lowest BCUT2D eigenvalue weighted by Crippen LogP contribution is -2.36. The molecule has 0 spiro atoms. The Labute approximate surface area is 98.2 Å². The van der Waals surface area contributed by atoms with Crippen molar-refractivity contribution in [3.05, 3.63) is 29.8 Å². The average Bonchev–Trinajstić information content (AvgIpc) is 2.30. The second-order valence-corrected chi connectivity index (χ2v) is 4.90. The summed E-state index contributed by atoms with van der Waals surface area (Å²) in [5.41, 5.74) is 8.39. The molecule has 2 heteroatoms. The maximum absolute atomic E-state index is 5.84. The van der Waals surface area contributed by atoms with E-state index in [1.165, 1.54) is 36.9 Å². The van der Waals surface area contributed by atoms with Crippen molar-refractivity contribution in [2.24, 2.45) is 11.7 Å². The zero-order valence-electron chi connectivity index (χ0n) is 10.1. The van der Waals surface area contributed by atoms with Crippen LogP contribution in [0.3, 0.4) is 0 Å². The van der Waals surface area contributed by atoms with E-state index >= 15 is 0 Å². The highest BCUT2D eigenvalue weighted by molar-refractivity contribution is 5.46. The maximum Gasteiger partial charge on any atom is 0.0345 e. The molecule has 1 saturated carbocycles. The van der Waals surface area contributed by atoms with Gasteiger partial charge in [0.1, 0.15) is 0 Å². The summed E-state index contributed by atoms with van der Waals surface area (Å²) in [5.74, 6) is 0.647. The molecule has 2 atom stereocenters. The van der Waals surface area contributed by atoms with Gasteiger partial charge in [0, 0.05) is 11.7 Å². The Balaban J connectivity index is 2.02. The Bertz CT molecular complexity index is 335. The Morgan fingerprint density at radius 3 is 2.88 bits per heavy atom. The highest BCUT2D eigenvalue weighted by atomic mass is 14.9. The van der Waals surface area contributed by atoms with Gasteiger partial charge in [-0.05, 0) is 49.9 Å². The van der Waals surface area contributed by atoms with Crippen LogP contribution in [0.4, 0.5) is 5.69 Å². The SMILES string of the molecule is Cc1cccc(NC2CCCCC2CN)c1. The van der Waals surface area contributed by atoms with Gasteiger partial charge in [-0.2, -0.15) is 0 Å². The van der Waals surface area contributed by atoms with Crippen molar-refractivity contribution in [3.8, 4) is 0 Å². The molecule has 2 unspecified atom stereocenters. The minimum Gasteiger partial charge on any atom is -0.382 e. The molecular weight excluding hydrogens is 196 g/mol. The van der Waals surface area contributed by atoms with Crippen LogP contribution in [0.2, 0.25) is 0 Å². The molecule has 2 rings (SSSR count). The van der Waals surface area contributed by atoms with Crippen LogP contribution < -0.4 is 11.1 Å². The first kappa shape index (κ1) is 11.5. The second kappa shape index (κ2) is 5.35.